The first-order chi connectivity index (χ1) is 16.5. The van der Waals surface area contributed by atoms with Crippen LogP contribution in [0.3, 0.4) is 0 Å². The van der Waals surface area contributed by atoms with Gasteiger partial charge in [0.2, 0.25) is 0 Å². The van der Waals surface area contributed by atoms with Crippen LogP contribution in [0.1, 0.15) is 65.5 Å². The number of carbonyl (C=O) groups is 2. The van der Waals surface area contributed by atoms with Crippen molar-refractivity contribution < 1.29 is 19.3 Å². The number of nitrogens with zero attached hydrogens (tertiary/aromatic N) is 2. The van der Waals surface area contributed by atoms with E-state index in [0.717, 1.165) is 20.5 Å². The number of rotatable bonds is 8. The molecule has 0 bridgehead atoms. The monoisotopic (exact) mass is 494 g/mol. The minimum absolute atomic E-state index is 0.106. The normalized spacial score (nSPS) is 12.6. The Morgan fingerprint density at radius 3 is 1.51 bits per heavy atom. The quantitative estimate of drug-likeness (QED) is 0.165. The lowest BCUT2D eigenvalue weighted by Gasteiger charge is -2.11. The molecule has 7 nitrogen and oxygen atoms in total. The third kappa shape index (κ3) is 6.82. The zero-order valence-corrected chi connectivity index (χ0v) is 21.7. The van der Waals surface area contributed by atoms with Gasteiger partial charge in [-0.3, -0.25) is 4.79 Å². The average Bonchev–Trinajstić information content (AvgIpc) is 2.78. The van der Waals surface area contributed by atoms with Gasteiger partial charge in [0.05, 0.1) is 11.4 Å². The van der Waals surface area contributed by atoms with Crippen molar-refractivity contribution in [3.8, 4) is 0 Å². The highest BCUT2D eigenvalue weighted by molar-refractivity contribution is 7.24. The lowest BCUT2D eigenvalue weighted by Crippen LogP contribution is -2.10. The van der Waals surface area contributed by atoms with Crippen LogP contribution in [0.25, 0.3) is 20.2 Å². The molecule has 0 saturated heterocycles. The first-order valence-corrected chi connectivity index (χ1v) is 12.4. The third-order valence-corrected chi connectivity index (χ3v) is 6.26. The summed E-state index contributed by atoms with van der Waals surface area (Å²) >= 11 is 1.52. The van der Waals surface area contributed by atoms with E-state index in [1.807, 2.05) is 64.1 Å². The zero-order chi connectivity index (χ0) is 25.7. The van der Waals surface area contributed by atoms with E-state index in [0.29, 0.717) is 35.0 Å². The number of fused-ring (bicyclic) bond motifs is 2. The van der Waals surface area contributed by atoms with Crippen LogP contribution < -0.4 is 5.43 Å². The minimum Gasteiger partial charge on any atom is -0.318 e. The van der Waals surface area contributed by atoms with Gasteiger partial charge >= 0.3 is 11.9 Å². The van der Waals surface area contributed by atoms with Crippen molar-refractivity contribution in [2.24, 2.45) is 22.1 Å². The van der Waals surface area contributed by atoms with Gasteiger partial charge in [-0.2, -0.15) is 0 Å². The lowest BCUT2D eigenvalue weighted by molar-refractivity contribution is -0.141. The first-order valence-electron chi connectivity index (χ1n) is 11.6. The summed E-state index contributed by atoms with van der Waals surface area (Å²) < 4.78 is 1.71. The van der Waals surface area contributed by atoms with E-state index in [1.165, 1.54) is 25.2 Å². The van der Waals surface area contributed by atoms with Crippen LogP contribution in [0.2, 0.25) is 0 Å². The van der Waals surface area contributed by atoms with E-state index in [2.05, 4.69) is 10.3 Å². The Labute approximate surface area is 208 Å². The van der Waals surface area contributed by atoms with Gasteiger partial charge in [-0.15, -0.1) is 11.3 Å². The summed E-state index contributed by atoms with van der Waals surface area (Å²) in [5, 5.41) is 9.22. The molecular formula is C27H30N2O5S. The molecule has 0 radical (unpaired) electrons. The van der Waals surface area contributed by atoms with Crippen molar-refractivity contribution in [1.82, 2.24) is 0 Å². The molecule has 0 fully saturated rings. The molecule has 2 aromatic carbocycles. The Balaban J connectivity index is 2.16. The predicted octanol–water partition coefficient (Wildman–Crippen LogP) is 6.04. The molecular weight excluding hydrogens is 464 g/mol. The number of carbonyl (C=O) groups excluding carboxylic acids is 2. The summed E-state index contributed by atoms with van der Waals surface area (Å²) in [5.74, 6) is -0.427. The maximum atomic E-state index is 13.6. The van der Waals surface area contributed by atoms with Gasteiger partial charge in [0.25, 0.3) is 0 Å². The van der Waals surface area contributed by atoms with Gasteiger partial charge < -0.3 is 9.68 Å². The fourth-order valence-corrected chi connectivity index (χ4v) is 4.68. The Hall–Kier alpha value is -3.39. The van der Waals surface area contributed by atoms with Crippen molar-refractivity contribution in [2.45, 2.75) is 54.4 Å². The summed E-state index contributed by atoms with van der Waals surface area (Å²) in [4.78, 5) is 46.0. The highest BCUT2D eigenvalue weighted by atomic mass is 32.1. The number of oxime groups is 2. The average molecular weight is 495 g/mol. The summed E-state index contributed by atoms with van der Waals surface area (Å²) in [5.41, 5.74) is 2.60. The topological polar surface area (TPSA) is 94.4 Å². The summed E-state index contributed by atoms with van der Waals surface area (Å²) in [6.45, 7) is 10.8. The van der Waals surface area contributed by atoms with E-state index in [1.54, 1.807) is 0 Å². The van der Waals surface area contributed by atoms with E-state index >= 15 is 0 Å². The highest BCUT2D eigenvalue weighted by Crippen LogP contribution is 2.27. The molecule has 0 aliphatic carbocycles. The molecule has 0 N–H and O–H groups in total. The van der Waals surface area contributed by atoms with E-state index in [-0.39, 0.29) is 17.3 Å². The lowest BCUT2D eigenvalue weighted by atomic mass is 9.98. The smallest absolute Gasteiger partial charge is 0.318 e. The second kappa shape index (κ2) is 11.4. The van der Waals surface area contributed by atoms with Crippen LogP contribution >= 0.6 is 11.3 Å². The zero-order valence-electron chi connectivity index (χ0n) is 20.9. The maximum Gasteiger partial charge on any atom is 0.331 e. The molecule has 1 aromatic heterocycles. The van der Waals surface area contributed by atoms with Crippen molar-refractivity contribution in [3.05, 3.63) is 57.7 Å². The summed E-state index contributed by atoms with van der Waals surface area (Å²) in [7, 11) is 0. The fourth-order valence-electron chi connectivity index (χ4n) is 3.64. The second-order valence-corrected chi connectivity index (χ2v) is 10.4. The Morgan fingerprint density at radius 2 is 1.17 bits per heavy atom. The largest absolute Gasteiger partial charge is 0.331 e. The van der Waals surface area contributed by atoms with Crippen molar-refractivity contribution in [3.63, 3.8) is 0 Å². The van der Waals surface area contributed by atoms with Crippen LogP contribution in [0.4, 0.5) is 0 Å². The maximum absolute atomic E-state index is 13.6. The van der Waals surface area contributed by atoms with Crippen LogP contribution in [0.5, 0.6) is 0 Å². The number of hydrogen-bond donors (Lipinski definition) is 0. The summed E-state index contributed by atoms with van der Waals surface area (Å²) in [6.07, 6.45) is 1.19. The van der Waals surface area contributed by atoms with Crippen molar-refractivity contribution >= 4 is 54.9 Å². The molecule has 8 heteroatoms. The van der Waals surface area contributed by atoms with Gasteiger partial charge in [-0.1, -0.05) is 50.1 Å². The number of benzene rings is 2. The molecule has 0 aliphatic heterocycles. The van der Waals surface area contributed by atoms with Gasteiger partial charge in [-0.25, -0.2) is 9.59 Å². The first kappa shape index (κ1) is 26.2. The van der Waals surface area contributed by atoms with Crippen LogP contribution in [0, 0.1) is 11.8 Å². The Morgan fingerprint density at radius 1 is 0.771 bits per heavy atom. The van der Waals surface area contributed by atoms with Crippen LogP contribution in [0.15, 0.2) is 51.5 Å². The highest BCUT2D eigenvalue weighted by Gasteiger charge is 2.15. The molecule has 0 unspecified atom stereocenters. The standard InChI is InChI=1S/C27H30N2O5S/c1-15(2)11-23(28-33-17(5)30)19-7-9-25-21(13-19)27(32)22-14-20(8-10-26(22)35-25)24(12-16(3)4)29-34-18(6)31/h7-10,13-16H,11-12H2,1-6H3/b28-23+,29-24+. The molecule has 0 saturated carbocycles. The molecule has 0 aliphatic rings. The van der Waals surface area contributed by atoms with Gasteiger partial charge in [0.1, 0.15) is 0 Å². The second-order valence-electron chi connectivity index (χ2n) is 9.29. The Kier molecular flexibility index (Phi) is 8.51. The van der Waals surface area contributed by atoms with Crippen molar-refractivity contribution in [2.75, 3.05) is 0 Å². The third-order valence-electron chi connectivity index (χ3n) is 5.11. The molecule has 0 atom stereocenters. The van der Waals surface area contributed by atoms with E-state index < -0.39 is 11.9 Å². The summed E-state index contributed by atoms with van der Waals surface area (Å²) in [6, 6.07) is 11.2. The molecule has 3 rings (SSSR count). The van der Waals surface area contributed by atoms with Crippen molar-refractivity contribution in [1.29, 1.82) is 0 Å². The van der Waals surface area contributed by atoms with Crippen LogP contribution in [-0.4, -0.2) is 23.4 Å². The minimum atomic E-state index is -0.495. The predicted molar refractivity (Wildman–Crippen MR) is 141 cm³/mol. The molecule has 35 heavy (non-hydrogen) atoms. The molecule has 184 valence electrons. The van der Waals surface area contributed by atoms with Gasteiger partial charge in [0, 0.05) is 45.1 Å². The van der Waals surface area contributed by atoms with E-state index in [9.17, 15) is 14.4 Å². The molecule has 1 heterocycles. The van der Waals surface area contributed by atoms with Gasteiger partial charge in [-0.05, 0) is 48.9 Å². The van der Waals surface area contributed by atoms with Crippen LogP contribution in [-0.2, 0) is 19.3 Å². The Bertz CT molecular complexity index is 1280. The van der Waals surface area contributed by atoms with E-state index in [4.69, 9.17) is 9.68 Å². The number of hydrogen-bond acceptors (Lipinski definition) is 8. The SMILES string of the molecule is CC(=O)O/N=C(\CC(C)C)c1ccc2sc3ccc(/C(CC(C)C)=N/OC(C)=O)cc3c(=O)c2c1. The molecule has 0 spiro atoms. The molecule has 3 aromatic rings. The molecule has 0 amide bonds. The fraction of sp³-hybridized carbons (Fsp3) is 0.370. The van der Waals surface area contributed by atoms with Gasteiger partial charge in [0.15, 0.2) is 5.43 Å².